The largest absolute Gasteiger partial charge is 0.497 e. The van der Waals surface area contributed by atoms with Crippen molar-refractivity contribution in [2.75, 3.05) is 7.11 Å². The second-order valence-electron chi connectivity index (χ2n) is 6.38. The van der Waals surface area contributed by atoms with Crippen LogP contribution in [0.15, 0.2) is 78.9 Å². The second-order valence-corrected chi connectivity index (χ2v) is 6.38. The smallest absolute Gasteiger partial charge is 0.339 e. The Balaban J connectivity index is 1.78. The second kappa shape index (κ2) is 8.97. The molecule has 0 spiro atoms. The molecule has 0 aromatic heterocycles. The Bertz CT molecular complexity index is 1020. The lowest BCUT2D eigenvalue weighted by atomic mass is 9.98. The molecule has 0 aliphatic heterocycles. The summed E-state index contributed by atoms with van der Waals surface area (Å²) in [6, 6.07) is 21.6. The first-order chi connectivity index (χ1) is 14.0. The van der Waals surface area contributed by atoms with Crippen LogP contribution in [0.2, 0.25) is 0 Å². The van der Waals surface area contributed by atoms with Gasteiger partial charge >= 0.3 is 5.97 Å². The molecule has 5 heteroatoms. The van der Waals surface area contributed by atoms with E-state index in [9.17, 15) is 14.4 Å². The molecule has 0 unspecified atom stereocenters. The quantitative estimate of drug-likeness (QED) is 0.444. The fraction of sp³-hybridized carbons (Fsp3) is 0.125. The fourth-order valence-corrected chi connectivity index (χ4v) is 2.87. The van der Waals surface area contributed by atoms with Gasteiger partial charge in [-0.2, -0.15) is 0 Å². The third kappa shape index (κ3) is 4.58. The number of hydrogen-bond donors (Lipinski definition) is 0. The van der Waals surface area contributed by atoms with Crippen LogP contribution in [0.25, 0.3) is 0 Å². The topological polar surface area (TPSA) is 69.7 Å². The van der Waals surface area contributed by atoms with E-state index in [0.717, 1.165) is 0 Å². The molecule has 0 aliphatic rings. The van der Waals surface area contributed by atoms with E-state index in [1.165, 1.54) is 20.1 Å². The van der Waals surface area contributed by atoms with E-state index in [0.29, 0.717) is 16.9 Å². The Morgan fingerprint density at radius 1 is 0.724 bits per heavy atom. The molecule has 3 rings (SSSR count). The van der Waals surface area contributed by atoms with Crippen molar-refractivity contribution in [1.29, 1.82) is 0 Å². The lowest BCUT2D eigenvalue weighted by Gasteiger charge is -2.14. The van der Waals surface area contributed by atoms with Crippen LogP contribution < -0.4 is 4.74 Å². The predicted octanol–water partition coefficient (Wildman–Crippen LogP) is 4.35. The standard InChI is InChI=1S/C24H20O5/c1-16(22(25)18-12-14-19(28-2)15-13-18)29-24(27)21-11-7-6-10-20(21)23(26)17-8-4-3-5-9-17/h3-16H,1-2H3/t16-/m1/s1. The molecule has 0 radical (unpaired) electrons. The molecular formula is C24H20O5. The molecule has 29 heavy (non-hydrogen) atoms. The van der Waals surface area contributed by atoms with Crippen molar-refractivity contribution in [2.24, 2.45) is 0 Å². The zero-order chi connectivity index (χ0) is 20.8. The van der Waals surface area contributed by atoms with Gasteiger partial charge in [0.1, 0.15) is 5.75 Å². The van der Waals surface area contributed by atoms with Gasteiger partial charge in [-0.3, -0.25) is 9.59 Å². The van der Waals surface area contributed by atoms with Crippen LogP contribution in [-0.2, 0) is 4.74 Å². The van der Waals surface area contributed by atoms with Crippen molar-refractivity contribution in [2.45, 2.75) is 13.0 Å². The molecule has 0 heterocycles. The molecule has 146 valence electrons. The Kier molecular flexibility index (Phi) is 6.19. The first kappa shape index (κ1) is 20.0. The number of ether oxygens (including phenoxy) is 2. The van der Waals surface area contributed by atoms with Gasteiger partial charge < -0.3 is 9.47 Å². The number of methoxy groups -OCH3 is 1. The molecule has 3 aromatic rings. The van der Waals surface area contributed by atoms with Gasteiger partial charge in [-0.25, -0.2) is 4.79 Å². The maximum absolute atomic E-state index is 12.8. The third-order valence-electron chi connectivity index (χ3n) is 4.46. The van der Waals surface area contributed by atoms with E-state index in [1.807, 2.05) is 6.07 Å². The number of hydrogen-bond acceptors (Lipinski definition) is 5. The number of Topliss-reactive ketones (excluding diaryl/α,β-unsaturated/α-hetero) is 1. The van der Waals surface area contributed by atoms with E-state index in [1.54, 1.807) is 66.7 Å². The highest BCUT2D eigenvalue weighted by Gasteiger charge is 2.24. The summed E-state index contributed by atoms with van der Waals surface area (Å²) in [5, 5.41) is 0. The van der Waals surface area contributed by atoms with Gasteiger partial charge in [-0.05, 0) is 37.3 Å². The lowest BCUT2D eigenvalue weighted by Crippen LogP contribution is -2.25. The summed E-state index contributed by atoms with van der Waals surface area (Å²) in [6.45, 7) is 1.51. The minimum absolute atomic E-state index is 0.121. The molecule has 0 bridgehead atoms. The van der Waals surface area contributed by atoms with Crippen molar-refractivity contribution in [3.63, 3.8) is 0 Å². The minimum atomic E-state index is -1.00. The minimum Gasteiger partial charge on any atom is -0.497 e. The molecule has 0 aliphatic carbocycles. The number of benzene rings is 3. The van der Waals surface area contributed by atoms with E-state index >= 15 is 0 Å². The number of carbonyl (C=O) groups is 3. The first-order valence-electron chi connectivity index (χ1n) is 9.09. The van der Waals surface area contributed by atoms with Gasteiger partial charge in [0.25, 0.3) is 0 Å². The highest BCUT2D eigenvalue weighted by atomic mass is 16.5. The van der Waals surface area contributed by atoms with Crippen LogP contribution in [0, 0.1) is 0 Å². The lowest BCUT2D eigenvalue weighted by molar-refractivity contribution is 0.0317. The molecule has 0 fully saturated rings. The fourth-order valence-electron chi connectivity index (χ4n) is 2.87. The molecule has 3 aromatic carbocycles. The number of esters is 1. The van der Waals surface area contributed by atoms with Crippen LogP contribution in [-0.4, -0.2) is 30.7 Å². The number of ketones is 2. The molecular weight excluding hydrogens is 368 g/mol. The van der Waals surface area contributed by atoms with Crippen LogP contribution in [0.5, 0.6) is 5.75 Å². The summed E-state index contributed by atoms with van der Waals surface area (Å²) in [5.74, 6) is -0.723. The average Bonchev–Trinajstić information content (AvgIpc) is 2.78. The summed E-state index contributed by atoms with van der Waals surface area (Å²) in [6.07, 6.45) is -1.00. The monoisotopic (exact) mass is 388 g/mol. The molecule has 0 N–H and O–H groups in total. The number of rotatable bonds is 7. The maximum Gasteiger partial charge on any atom is 0.339 e. The Hall–Kier alpha value is -3.73. The van der Waals surface area contributed by atoms with Gasteiger partial charge in [0, 0.05) is 16.7 Å². The van der Waals surface area contributed by atoms with Crippen molar-refractivity contribution in [1.82, 2.24) is 0 Å². The van der Waals surface area contributed by atoms with Crippen molar-refractivity contribution in [3.05, 3.63) is 101 Å². The molecule has 0 saturated carbocycles. The molecule has 5 nitrogen and oxygen atoms in total. The van der Waals surface area contributed by atoms with E-state index < -0.39 is 12.1 Å². The van der Waals surface area contributed by atoms with E-state index in [4.69, 9.17) is 9.47 Å². The number of carbonyl (C=O) groups excluding carboxylic acids is 3. The first-order valence-corrected chi connectivity index (χ1v) is 9.09. The van der Waals surface area contributed by atoms with Crippen LogP contribution in [0.4, 0.5) is 0 Å². The van der Waals surface area contributed by atoms with Crippen molar-refractivity contribution >= 4 is 17.5 Å². The van der Waals surface area contributed by atoms with E-state index in [-0.39, 0.29) is 22.7 Å². The van der Waals surface area contributed by atoms with Crippen LogP contribution in [0.1, 0.15) is 43.6 Å². The van der Waals surface area contributed by atoms with Gasteiger partial charge in [0.15, 0.2) is 11.9 Å². The summed E-state index contributed by atoms with van der Waals surface area (Å²) < 4.78 is 10.4. The Labute approximate surface area is 168 Å². The maximum atomic E-state index is 12.8. The molecule has 1 atom stereocenters. The summed E-state index contributed by atoms with van der Waals surface area (Å²) >= 11 is 0. The van der Waals surface area contributed by atoms with Gasteiger partial charge in [0.05, 0.1) is 12.7 Å². The molecule has 0 saturated heterocycles. The normalized spacial score (nSPS) is 11.4. The predicted molar refractivity (Wildman–Crippen MR) is 109 cm³/mol. The summed E-state index contributed by atoms with van der Waals surface area (Å²) in [5.41, 5.74) is 1.22. The van der Waals surface area contributed by atoms with Crippen molar-refractivity contribution < 1.29 is 23.9 Å². The third-order valence-corrected chi connectivity index (χ3v) is 4.46. The van der Waals surface area contributed by atoms with Crippen molar-refractivity contribution in [3.8, 4) is 5.75 Å². The summed E-state index contributed by atoms with van der Waals surface area (Å²) in [7, 11) is 1.54. The average molecular weight is 388 g/mol. The van der Waals surface area contributed by atoms with Crippen LogP contribution >= 0.6 is 0 Å². The SMILES string of the molecule is COc1ccc(C(=O)[C@@H](C)OC(=O)c2ccccc2C(=O)c2ccccc2)cc1. The summed E-state index contributed by atoms with van der Waals surface area (Å²) in [4.78, 5) is 38.1. The van der Waals surface area contributed by atoms with E-state index in [2.05, 4.69) is 0 Å². The highest BCUT2D eigenvalue weighted by molar-refractivity contribution is 6.14. The Morgan fingerprint density at radius 3 is 1.93 bits per heavy atom. The molecule has 0 amide bonds. The van der Waals surface area contributed by atoms with Gasteiger partial charge in [-0.1, -0.05) is 48.5 Å². The Morgan fingerprint density at radius 2 is 1.31 bits per heavy atom. The zero-order valence-corrected chi connectivity index (χ0v) is 16.1. The van der Waals surface area contributed by atoms with Gasteiger partial charge in [-0.15, -0.1) is 0 Å². The highest BCUT2D eigenvalue weighted by Crippen LogP contribution is 2.18. The van der Waals surface area contributed by atoms with Crippen LogP contribution in [0.3, 0.4) is 0 Å². The zero-order valence-electron chi connectivity index (χ0n) is 16.1. The van der Waals surface area contributed by atoms with Gasteiger partial charge in [0.2, 0.25) is 5.78 Å².